The number of carbonyl (C=O) groups excluding carboxylic acids is 1. The van der Waals surface area contributed by atoms with Gasteiger partial charge in [0.25, 0.3) is 0 Å². The second kappa shape index (κ2) is 8.81. The van der Waals surface area contributed by atoms with Gasteiger partial charge < -0.3 is 20.1 Å². The summed E-state index contributed by atoms with van der Waals surface area (Å²) < 4.78 is 50.0. The third-order valence-corrected chi connectivity index (χ3v) is 3.07. The van der Waals surface area contributed by atoms with Crippen LogP contribution in [0.1, 0.15) is 6.92 Å². The highest BCUT2D eigenvalue weighted by Crippen LogP contribution is 2.19. The molecule has 2 N–H and O–H groups in total. The maximum absolute atomic E-state index is 13.4. The topological polar surface area (TPSA) is 59.6 Å². The largest absolute Gasteiger partial charge is 0.494 e. The van der Waals surface area contributed by atoms with Gasteiger partial charge in [0.2, 0.25) is 0 Å². The second-order valence-corrected chi connectivity index (χ2v) is 4.86. The molecule has 25 heavy (non-hydrogen) atoms. The summed E-state index contributed by atoms with van der Waals surface area (Å²) in [5, 5.41) is 4.51. The van der Waals surface area contributed by atoms with E-state index in [2.05, 4.69) is 10.6 Å². The number of urea groups is 1. The Labute approximate surface area is 142 Å². The molecule has 5 nitrogen and oxygen atoms in total. The van der Waals surface area contributed by atoms with E-state index in [-0.39, 0.29) is 13.2 Å². The van der Waals surface area contributed by atoms with Crippen molar-refractivity contribution in [3.8, 4) is 11.5 Å². The van der Waals surface area contributed by atoms with Crippen molar-refractivity contribution in [2.24, 2.45) is 0 Å². The fourth-order valence-corrected chi connectivity index (χ4v) is 1.92. The molecule has 0 saturated carbocycles. The van der Waals surface area contributed by atoms with Crippen LogP contribution in [-0.4, -0.2) is 25.8 Å². The van der Waals surface area contributed by atoms with Crippen LogP contribution in [0.3, 0.4) is 0 Å². The van der Waals surface area contributed by atoms with Gasteiger partial charge in [-0.3, -0.25) is 0 Å². The van der Waals surface area contributed by atoms with Crippen molar-refractivity contribution in [1.29, 1.82) is 0 Å². The summed E-state index contributed by atoms with van der Waals surface area (Å²) in [6.07, 6.45) is 0. The summed E-state index contributed by atoms with van der Waals surface area (Å²) in [4.78, 5) is 11.6. The molecule has 134 valence electrons. The molecule has 0 unspecified atom stereocenters. The number of anilines is 1. The Kier molecular flexibility index (Phi) is 6.50. The number of amides is 2. The summed E-state index contributed by atoms with van der Waals surface area (Å²) in [6, 6.07) is 7.85. The number of rotatable bonds is 7. The summed E-state index contributed by atoms with van der Waals surface area (Å²) in [5.74, 6) is -3.11. The zero-order valence-corrected chi connectivity index (χ0v) is 13.4. The van der Waals surface area contributed by atoms with Gasteiger partial charge in [0.1, 0.15) is 18.1 Å². The minimum Gasteiger partial charge on any atom is -0.494 e. The molecule has 2 rings (SSSR count). The average Bonchev–Trinajstić information content (AvgIpc) is 2.61. The van der Waals surface area contributed by atoms with Crippen LogP contribution in [0.2, 0.25) is 0 Å². The van der Waals surface area contributed by atoms with E-state index in [1.807, 2.05) is 6.92 Å². The number of hydrogen-bond donors (Lipinski definition) is 2. The maximum atomic E-state index is 13.4. The van der Waals surface area contributed by atoms with Crippen LogP contribution >= 0.6 is 0 Å². The number of ether oxygens (including phenoxy) is 2. The third kappa shape index (κ3) is 5.30. The molecule has 8 heteroatoms. The van der Waals surface area contributed by atoms with Gasteiger partial charge in [0.05, 0.1) is 18.8 Å². The molecular weight excluding hydrogens is 337 g/mol. The van der Waals surface area contributed by atoms with E-state index in [9.17, 15) is 18.0 Å². The highest BCUT2D eigenvalue weighted by Gasteiger charge is 2.14. The maximum Gasteiger partial charge on any atom is 0.319 e. The normalized spacial score (nSPS) is 10.2. The lowest BCUT2D eigenvalue weighted by molar-refractivity contribution is 0.247. The Bertz CT molecular complexity index is 724. The molecular formula is C17H17F3N2O3. The minimum atomic E-state index is -1.64. The van der Waals surface area contributed by atoms with E-state index in [0.29, 0.717) is 12.4 Å². The summed E-state index contributed by atoms with van der Waals surface area (Å²) in [7, 11) is 0. The van der Waals surface area contributed by atoms with Crippen molar-refractivity contribution in [3.63, 3.8) is 0 Å². The van der Waals surface area contributed by atoms with Gasteiger partial charge in [0, 0.05) is 0 Å². The molecule has 2 aromatic carbocycles. The molecule has 0 spiro atoms. The fourth-order valence-electron chi connectivity index (χ4n) is 1.92. The van der Waals surface area contributed by atoms with Crippen molar-refractivity contribution in [2.75, 3.05) is 25.1 Å². The van der Waals surface area contributed by atoms with Crippen LogP contribution in [0.15, 0.2) is 36.4 Å². The van der Waals surface area contributed by atoms with Crippen molar-refractivity contribution < 1.29 is 27.4 Å². The van der Waals surface area contributed by atoms with E-state index in [1.54, 1.807) is 24.3 Å². The highest BCUT2D eigenvalue weighted by atomic mass is 19.2. The van der Waals surface area contributed by atoms with Gasteiger partial charge >= 0.3 is 6.03 Å². The van der Waals surface area contributed by atoms with E-state index in [1.165, 1.54) is 0 Å². The lowest BCUT2D eigenvalue weighted by Gasteiger charge is -2.10. The van der Waals surface area contributed by atoms with Gasteiger partial charge in [-0.25, -0.2) is 18.0 Å². The van der Waals surface area contributed by atoms with E-state index in [0.717, 1.165) is 17.9 Å². The van der Waals surface area contributed by atoms with Crippen molar-refractivity contribution in [3.05, 3.63) is 53.8 Å². The number of nitrogens with one attached hydrogen (secondary N) is 2. The highest BCUT2D eigenvalue weighted by molar-refractivity contribution is 5.89. The lowest BCUT2D eigenvalue weighted by atomic mass is 10.3. The SMILES string of the molecule is CCOc1ccc(OCCNC(=O)Nc2ccc(F)c(F)c2F)cc1. The number of carbonyl (C=O) groups is 1. The third-order valence-electron chi connectivity index (χ3n) is 3.07. The van der Waals surface area contributed by atoms with E-state index in [4.69, 9.17) is 9.47 Å². The van der Waals surface area contributed by atoms with Gasteiger partial charge in [-0.15, -0.1) is 0 Å². The molecule has 0 heterocycles. The Morgan fingerprint density at radius 3 is 2.24 bits per heavy atom. The molecule has 0 radical (unpaired) electrons. The molecule has 0 aromatic heterocycles. The van der Waals surface area contributed by atoms with Gasteiger partial charge in [-0.2, -0.15) is 0 Å². The molecule has 0 aliphatic carbocycles. The summed E-state index contributed by atoms with van der Waals surface area (Å²) in [5.41, 5.74) is -0.455. The summed E-state index contributed by atoms with van der Waals surface area (Å²) in [6.45, 7) is 2.75. The Morgan fingerprint density at radius 1 is 0.960 bits per heavy atom. The molecule has 0 aliphatic heterocycles. The van der Waals surface area contributed by atoms with E-state index < -0.39 is 29.2 Å². The van der Waals surface area contributed by atoms with Crippen molar-refractivity contribution in [1.82, 2.24) is 5.32 Å². The van der Waals surface area contributed by atoms with Crippen molar-refractivity contribution >= 4 is 11.7 Å². The van der Waals surface area contributed by atoms with E-state index >= 15 is 0 Å². The first kappa shape index (κ1) is 18.4. The van der Waals surface area contributed by atoms with Crippen LogP contribution in [0, 0.1) is 17.5 Å². The quantitative estimate of drug-likeness (QED) is 0.589. The first-order valence-electron chi connectivity index (χ1n) is 7.55. The van der Waals surface area contributed by atoms with Crippen molar-refractivity contribution in [2.45, 2.75) is 6.92 Å². The smallest absolute Gasteiger partial charge is 0.319 e. The Hall–Kier alpha value is -2.90. The Balaban J connectivity index is 1.74. The van der Waals surface area contributed by atoms with Crippen LogP contribution in [0.4, 0.5) is 23.7 Å². The minimum absolute atomic E-state index is 0.129. The number of halogens is 3. The predicted octanol–water partition coefficient (Wildman–Crippen LogP) is 3.70. The molecule has 0 fully saturated rings. The summed E-state index contributed by atoms with van der Waals surface area (Å²) >= 11 is 0. The van der Waals surface area contributed by atoms with Gasteiger partial charge in [-0.05, 0) is 43.3 Å². The number of benzene rings is 2. The van der Waals surface area contributed by atoms with Crippen LogP contribution in [-0.2, 0) is 0 Å². The molecule has 0 saturated heterocycles. The van der Waals surface area contributed by atoms with Gasteiger partial charge in [0.15, 0.2) is 17.5 Å². The zero-order chi connectivity index (χ0) is 18.2. The first-order chi connectivity index (χ1) is 12.0. The van der Waals surface area contributed by atoms with Crippen LogP contribution < -0.4 is 20.1 Å². The molecule has 0 atom stereocenters. The second-order valence-electron chi connectivity index (χ2n) is 4.86. The van der Waals surface area contributed by atoms with Gasteiger partial charge in [-0.1, -0.05) is 0 Å². The molecule has 0 bridgehead atoms. The predicted molar refractivity (Wildman–Crippen MR) is 86.4 cm³/mol. The monoisotopic (exact) mass is 354 g/mol. The molecule has 2 aromatic rings. The average molecular weight is 354 g/mol. The zero-order valence-electron chi connectivity index (χ0n) is 13.4. The lowest BCUT2D eigenvalue weighted by Crippen LogP contribution is -2.32. The number of hydrogen-bond acceptors (Lipinski definition) is 3. The standard InChI is InChI=1S/C17H17F3N2O3/c1-2-24-11-3-5-12(6-4-11)25-10-9-21-17(23)22-14-8-7-13(18)15(19)16(14)20/h3-8H,2,9-10H2,1H3,(H2,21,22,23). The van der Waals surface area contributed by atoms with Crippen LogP contribution in [0.25, 0.3) is 0 Å². The Morgan fingerprint density at radius 2 is 1.60 bits per heavy atom. The molecule has 2 amide bonds. The van der Waals surface area contributed by atoms with Crippen LogP contribution in [0.5, 0.6) is 11.5 Å². The fraction of sp³-hybridized carbons (Fsp3) is 0.235. The molecule has 0 aliphatic rings. The first-order valence-corrected chi connectivity index (χ1v) is 7.55.